The van der Waals surface area contributed by atoms with Crippen LogP contribution in [0.1, 0.15) is 0 Å². The van der Waals surface area contributed by atoms with E-state index in [1.54, 1.807) is 47.0 Å². The average molecular weight is 354 g/mol. The van der Waals surface area contributed by atoms with Gasteiger partial charge in [-0.15, -0.1) is 0 Å². The maximum absolute atomic E-state index is 3.06. The first kappa shape index (κ1) is 10.4. The van der Waals surface area contributed by atoms with E-state index in [1.807, 2.05) is 0 Å². The van der Waals surface area contributed by atoms with Crippen LogP contribution in [0.3, 0.4) is 0 Å². The smallest absolute Gasteiger partial charge is 0.0707 e. The SMILES string of the molecule is IC#CC1=CSC(=C2SC=CS2)S1. The summed E-state index contributed by atoms with van der Waals surface area (Å²) in [6.45, 7) is 0. The monoisotopic (exact) mass is 354 g/mol. The summed E-state index contributed by atoms with van der Waals surface area (Å²) in [6, 6.07) is 0. The van der Waals surface area contributed by atoms with Crippen LogP contribution in [-0.4, -0.2) is 0 Å². The lowest BCUT2D eigenvalue weighted by atomic mass is 10.7. The zero-order valence-electron chi connectivity index (χ0n) is 6.24. The van der Waals surface area contributed by atoms with Gasteiger partial charge in [0.15, 0.2) is 0 Å². The molecule has 0 spiro atoms. The number of hydrogen-bond donors (Lipinski definition) is 0. The molecule has 2 aliphatic rings. The first-order chi connectivity index (χ1) is 6.40. The van der Waals surface area contributed by atoms with Crippen LogP contribution in [0.25, 0.3) is 0 Å². The Hall–Kier alpha value is 0.910. The third-order valence-electron chi connectivity index (χ3n) is 1.22. The summed E-state index contributed by atoms with van der Waals surface area (Å²) in [6.07, 6.45) is 0. The number of rotatable bonds is 0. The lowest BCUT2D eigenvalue weighted by molar-refractivity contribution is 2.20. The second kappa shape index (κ2) is 5.12. The van der Waals surface area contributed by atoms with Crippen LogP contribution in [0.2, 0.25) is 0 Å². The molecular weight excluding hydrogens is 351 g/mol. The van der Waals surface area contributed by atoms with Gasteiger partial charge in [-0.05, 0) is 26.1 Å². The molecule has 2 aliphatic heterocycles. The largest absolute Gasteiger partial charge is 0.0884 e. The molecule has 0 nitrogen and oxygen atoms in total. The molecule has 13 heavy (non-hydrogen) atoms. The van der Waals surface area contributed by atoms with E-state index in [2.05, 4.69) is 48.7 Å². The van der Waals surface area contributed by atoms with Gasteiger partial charge in [0, 0.05) is 22.6 Å². The maximum Gasteiger partial charge on any atom is 0.0707 e. The highest BCUT2D eigenvalue weighted by Gasteiger charge is 2.17. The van der Waals surface area contributed by atoms with Crippen molar-refractivity contribution in [3.05, 3.63) is 29.6 Å². The van der Waals surface area contributed by atoms with Gasteiger partial charge in [0.1, 0.15) is 0 Å². The van der Waals surface area contributed by atoms with Crippen LogP contribution in [0, 0.1) is 9.85 Å². The first-order valence-corrected chi connectivity index (χ1v) is 7.82. The Bertz CT molecular complexity index is 359. The van der Waals surface area contributed by atoms with Crippen molar-refractivity contribution in [3.8, 4) is 9.85 Å². The zero-order chi connectivity index (χ0) is 9.10. The van der Waals surface area contributed by atoms with Crippen molar-refractivity contribution in [2.75, 3.05) is 0 Å². The van der Waals surface area contributed by atoms with Crippen molar-refractivity contribution < 1.29 is 0 Å². The van der Waals surface area contributed by atoms with E-state index in [0.717, 1.165) is 4.91 Å². The summed E-state index contributed by atoms with van der Waals surface area (Å²) in [4.78, 5) is 1.16. The molecule has 0 atom stereocenters. The molecule has 0 saturated carbocycles. The lowest BCUT2D eigenvalue weighted by Gasteiger charge is -1.98. The summed E-state index contributed by atoms with van der Waals surface area (Å²) >= 11 is 9.22. The molecule has 0 saturated heterocycles. The van der Waals surface area contributed by atoms with Crippen LogP contribution in [0.4, 0.5) is 0 Å². The Morgan fingerprint density at radius 1 is 1.08 bits per heavy atom. The molecule has 0 amide bonds. The Morgan fingerprint density at radius 2 is 1.85 bits per heavy atom. The summed E-state index contributed by atoms with van der Waals surface area (Å²) in [5.74, 6) is 3.06. The second-order valence-electron chi connectivity index (χ2n) is 2.00. The second-order valence-corrected chi connectivity index (χ2v) is 6.82. The predicted octanol–water partition coefficient (Wildman–Crippen LogP) is 4.78. The molecule has 5 heteroatoms. The van der Waals surface area contributed by atoms with E-state index in [1.165, 1.54) is 8.47 Å². The molecule has 0 aromatic rings. The van der Waals surface area contributed by atoms with Gasteiger partial charge in [-0.2, -0.15) is 0 Å². The molecule has 0 aliphatic carbocycles. The number of hydrogen-bond acceptors (Lipinski definition) is 4. The fourth-order valence-electron chi connectivity index (χ4n) is 0.749. The molecule has 0 radical (unpaired) electrons. The highest BCUT2D eigenvalue weighted by atomic mass is 127. The van der Waals surface area contributed by atoms with Gasteiger partial charge >= 0.3 is 0 Å². The summed E-state index contributed by atoms with van der Waals surface area (Å²) in [5, 5.41) is 6.37. The predicted molar refractivity (Wildman–Crippen MR) is 76.4 cm³/mol. The Balaban J connectivity index is 2.08. The van der Waals surface area contributed by atoms with Crippen molar-refractivity contribution >= 4 is 69.6 Å². The molecule has 0 unspecified atom stereocenters. The standard InChI is InChI=1S/C8H3IS4/c9-2-1-6-5-12-8(13-6)7-10-3-4-11-7/h3-5H. The average Bonchev–Trinajstić information content (AvgIpc) is 2.70. The molecule has 66 valence electrons. The maximum atomic E-state index is 3.06. The molecule has 0 aromatic heterocycles. The minimum Gasteiger partial charge on any atom is -0.0884 e. The van der Waals surface area contributed by atoms with E-state index in [4.69, 9.17) is 0 Å². The highest BCUT2D eigenvalue weighted by molar-refractivity contribution is 14.1. The Kier molecular flexibility index (Phi) is 4.11. The number of thioether (sulfide) groups is 4. The van der Waals surface area contributed by atoms with Crippen molar-refractivity contribution in [1.82, 2.24) is 0 Å². The molecule has 0 aromatic carbocycles. The van der Waals surface area contributed by atoms with Gasteiger partial charge in [-0.25, -0.2) is 0 Å². The van der Waals surface area contributed by atoms with Gasteiger partial charge in [0.25, 0.3) is 0 Å². The van der Waals surface area contributed by atoms with Crippen LogP contribution in [0.15, 0.2) is 29.6 Å². The van der Waals surface area contributed by atoms with Crippen LogP contribution in [0.5, 0.6) is 0 Å². The van der Waals surface area contributed by atoms with E-state index < -0.39 is 0 Å². The third-order valence-corrected chi connectivity index (χ3v) is 6.42. The van der Waals surface area contributed by atoms with E-state index in [-0.39, 0.29) is 0 Å². The van der Waals surface area contributed by atoms with Crippen LogP contribution >= 0.6 is 69.6 Å². The molecular formula is C8H3IS4. The van der Waals surface area contributed by atoms with E-state index in [0.29, 0.717) is 0 Å². The fraction of sp³-hybridized carbons (Fsp3) is 0. The van der Waals surface area contributed by atoms with Crippen LogP contribution < -0.4 is 0 Å². The first-order valence-electron chi connectivity index (χ1n) is 3.29. The van der Waals surface area contributed by atoms with E-state index in [9.17, 15) is 0 Å². The van der Waals surface area contributed by atoms with Gasteiger partial charge in [0.2, 0.25) is 0 Å². The Morgan fingerprint density at radius 3 is 2.54 bits per heavy atom. The Labute approximate surface area is 108 Å². The quantitative estimate of drug-likeness (QED) is 0.453. The van der Waals surface area contributed by atoms with E-state index >= 15 is 0 Å². The van der Waals surface area contributed by atoms with Gasteiger partial charge in [-0.3, -0.25) is 0 Å². The zero-order valence-corrected chi connectivity index (χ0v) is 11.7. The third kappa shape index (κ3) is 2.69. The molecule has 2 rings (SSSR count). The van der Waals surface area contributed by atoms with Crippen molar-refractivity contribution in [3.63, 3.8) is 0 Å². The molecule has 0 bridgehead atoms. The summed E-state index contributed by atoms with van der Waals surface area (Å²) in [7, 11) is 0. The van der Waals surface area contributed by atoms with Gasteiger partial charge < -0.3 is 0 Å². The minimum absolute atomic E-state index is 1.16. The topological polar surface area (TPSA) is 0 Å². The van der Waals surface area contributed by atoms with Crippen LogP contribution in [-0.2, 0) is 0 Å². The highest BCUT2D eigenvalue weighted by Crippen LogP contribution is 2.52. The van der Waals surface area contributed by atoms with Crippen molar-refractivity contribution in [2.24, 2.45) is 0 Å². The molecule has 2 heterocycles. The summed E-state index contributed by atoms with van der Waals surface area (Å²) < 4.78 is 5.64. The van der Waals surface area contributed by atoms with Crippen molar-refractivity contribution in [2.45, 2.75) is 0 Å². The van der Waals surface area contributed by atoms with Gasteiger partial charge in [-0.1, -0.05) is 47.0 Å². The fourth-order valence-corrected chi connectivity index (χ4v) is 5.48. The molecule has 0 N–H and O–H groups in total. The molecule has 0 fully saturated rings. The normalized spacial score (nSPS) is 20.2. The minimum atomic E-state index is 1.16. The lowest BCUT2D eigenvalue weighted by Crippen LogP contribution is -1.65. The summed E-state index contributed by atoms with van der Waals surface area (Å²) in [5.41, 5.74) is 0. The number of allylic oxidation sites excluding steroid dienone is 1. The van der Waals surface area contributed by atoms with Crippen molar-refractivity contribution in [1.29, 1.82) is 0 Å². The number of halogens is 1. The van der Waals surface area contributed by atoms with Gasteiger partial charge in [0.05, 0.1) is 13.4 Å².